The van der Waals surface area contributed by atoms with E-state index < -0.39 is 10.0 Å². The van der Waals surface area contributed by atoms with E-state index in [4.69, 9.17) is 11.6 Å². The standard InChI is InChI=1S/C27H30ClN3O3S/c1-19-4-3-15-31(17-19)18-21-6-8-22(9-7-21)27(32)29-23-11-13-25(14-12-23)35(33,34)30-24-10-5-20(2)26(28)16-24/h5-14,16,19,30H,3-4,15,17-18H2,1-2H3,(H,29,32)/t19-/m0/s1. The Morgan fingerprint density at radius 2 is 1.71 bits per heavy atom. The number of halogens is 1. The monoisotopic (exact) mass is 511 g/mol. The summed E-state index contributed by atoms with van der Waals surface area (Å²) in [6.07, 6.45) is 2.53. The van der Waals surface area contributed by atoms with Crippen molar-refractivity contribution in [2.75, 3.05) is 23.1 Å². The Morgan fingerprint density at radius 3 is 2.37 bits per heavy atom. The molecule has 0 bridgehead atoms. The average Bonchev–Trinajstić information content (AvgIpc) is 2.82. The van der Waals surface area contributed by atoms with E-state index in [1.165, 1.54) is 30.5 Å². The number of nitrogens with one attached hydrogen (secondary N) is 2. The van der Waals surface area contributed by atoms with Crippen LogP contribution in [0.4, 0.5) is 11.4 Å². The number of sulfonamides is 1. The predicted octanol–water partition coefficient (Wildman–Crippen LogP) is 5.93. The third-order valence-electron chi connectivity index (χ3n) is 6.21. The molecule has 0 spiro atoms. The van der Waals surface area contributed by atoms with Crippen LogP contribution in [0.5, 0.6) is 0 Å². The van der Waals surface area contributed by atoms with Crippen molar-refractivity contribution in [3.05, 3.63) is 88.4 Å². The smallest absolute Gasteiger partial charge is 0.261 e. The fraction of sp³-hybridized carbons (Fsp3) is 0.296. The van der Waals surface area contributed by atoms with Crippen LogP contribution >= 0.6 is 11.6 Å². The third-order valence-corrected chi connectivity index (χ3v) is 8.01. The molecule has 8 heteroatoms. The second-order valence-corrected chi connectivity index (χ2v) is 11.3. The van der Waals surface area contributed by atoms with Gasteiger partial charge in [-0.25, -0.2) is 8.42 Å². The third kappa shape index (κ3) is 6.63. The van der Waals surface area contributed by atoms with Crippen molar-refractivity contribution in [1.29, 1.82) is 0 Å². The van der Waals surface area contributed by atoms with E-state index in [0.29, 0.717) is 22.0 Å². The van der Waals surface area contributed by atoms with E-state index in [1.807, 2.05) is 31.2 Å². The SMILES string of the molecule is Cc1ccc(NS(=O)(=O)c2ccc(NC(=O)c3ccc(CN4CCC[C@H](C)C4)cc3)cc2)cc1Cl. The van der Waals surface area contributed by atoms with Crippen LogP contribution in [-0.2, 0) is 16.6 Å². The highest BCUT2D eigenvalue weighted by molar-refractivity contribution is 7.92. The van der Waals surface area contributed by atoms with Gasteiger partial charge in [-0.05, 0) is 91.9 Å². The van der Waals surface area contributed by atoms with Gasteiger partial charge in [0.2, 0.25) is 0 Å². The van der Waals surface area contributed by atoms with Crippen LogP contribution in [0.25, 0.3) is 0 Å². The van der Waals surface area contributed by atoms with E-state index in [-0.39, 0.29) is 10.8 Å². The molecule has 1 fully saturated rings. The number of hydrogen-bond donors (Lipinski definition) is 2. The molecular formula is C27H30ClN3O3S. The zero-order chi connectivity index (χ0) is 25.0. The van der Waals surface area contributed by atoms with E-state index in [9.17, 15) is 13.2 Å². The lowest BCUT2D eigenvalue weighted by Gasteiger charge is -2.30. The lowest BCUT2D eigenvalue weighted by atomic mass is 9.99. The molecule has 1 aliphatic rings. The van der Waals surface area contributed by atoms with Crippen LogP contribution in [0.2, 0.25) is 5.02 Å². The van der Waals surface area contributed by atoms with Crippen molar-refractivity contribution >= 4 is 38.9 Å². The molecule has 1 saturated heterocycles. The van der Waals surface area contributed by atoms with Gasteiger partial charge in [-0.2, -0.15) is 0 Å². The first-order valence-electron chi connectivity index (χ1n) is 11.7. The number of aryl methyl sites for hydroxylation is 1. The number of hydrogen-bond acceptors (Lipinski definition) is 4. The topological polar surface area (TPSA) is 78.5 Å². The molecule has 184 valence electrons. The minimum Gasteiger partial charge on any atom is -0.322 e. The van der Waals surface area contributed by atoms with Crippen LogP contribution in [0, 0.1) is 12.8 Å². The molecule has 35 heavy (non-hydrogen) atoms. The molecule has 0 aromatic heterocycles. The maximum Gasteiger partial charge on any atom is 0.261 e. The van der Waals surface area contributed by atoms with Crippen molar-refractivity contribution in [3.63, 3.8) is 0 Å². The zero-order valence-corrected chi connectivity index (χ0v) is 21.5. The quantitative estimate of drug-likeness (QED) is 0.412. The average molecular weight is 512 g/mol. The van der Waals surface area contributed by atoms with Gasteiger partial charge in [0.25, 0.3) is 15.9 Å². The summed E-state index contributed by atoms with van der Waals surface area (Å²) in [5.41, 5.74) is 3.50. The van der Waals surface area contributed by atoms with E-state index in [1.54, 1.807) is 30.3 Å². The number of anilines is 2. The number of amides is 1. The number of carbonyl (C=O) groups excluding carboxylic acids is 1. The maximum atomic E-state index is 12.7. The molecule has 0 radical (unpaired) electrons. The number of rotatable bonds is 7. The van der Waals surface area contributed by atoms with Crippen LogP contribution in [0.3, 0.4) is 0 Å². The molecule has 6 nitrogen and oxygen atoms in total. The van der Waals surface area contributed by atoms with E-state index >= 15 is 0 Å². The number of nitrogens with zero attached hydrogens (tertiary/aromatic N) is 1. The molecule has 3 aromatic rings. The van der Waals surface area contributed by atoms with Crippen molar-refractivity contribution in [1.82, 2.24) is 4.90 Å². The zero-order valence-electron chi connectivity index (χ0n) is 19.9. The summed E-state index contributed by atoms with van der Waals surface area (Å²) < 4.78 is 27.9. The number of benzene rings is 3. The minimum absolute atomic E-state index is 0.0866. The van der Waals surface area contributed by atoms with Crippen molar-refractivity contribution in [2.45, 2.75) is 38.1 Å². The highest BCUT2D eigenvalue weighted by atomic mass is 35.5. The molecule has 3 aromatic carbocycles. The van der Waals surface area contributed by atoms with Gasteiger partial charge in [-0.1, -0.05) is 36.7 Å². The molecule has 4 rings (SSSR count). The largest absolute Gasteiger partial charge is 0.322 e. The Bertz CT molecular complexity index is 1290. The normalized spacial score (nSPS) is 16.6. The first-order chi connectivity index (χ1) is 16.7. The first-order valence-corrected chi connectivity index (χ1v) is 13.6. The van der Waals surface area contributed by atoms with Crippen LogP contribution in [0.1, 0.15) is 41.3 Å². The molecule has 0 aliphatic carbocycles. The van der Waals surface area contributed by atoms with Gasteiger partial charge >= 0.3 is 0 Å². The minimum atomic E-state index is -3.79. The molecule has 1 aliphatic heterocycles. The Labute approximate surface area is 212 Å². The van der Waals surface area contributed by atoms with Gasteiger partial charge in [0.15, 0.2) is 0 Å². The van der Waals surface area contributed by atoms with E-state index in [0.717, 1.165) is 31.1 Å². The molecule has 1 heterocycles. The van der Waals surface area contributed by atoms with Crippen LogP contribution in [-0.4, -0.2) is 32.3 Å². The van der Waals surface area contributed by atoms with Crippen molar-refractivity contribution in [3.8, 4) is 0 Å². The predicted molar refractivity (Wildman–Crippen MR) is 142 cm³/mol. The maximum absolute atomic E-state index is 12.7. The molecule has 0 saturated carbocycles. The lowest BCUT2D eigenvalue weighted by molar-refractivity contribution is 0.102. The molecular weight excluding hydrogens is 482 g/mol. The summed E-state index contributed by atoms with van der Waals surface area (Å²) >= 11 is 6.09. The molecule has 2 N–H and O–H groups in total. The first kappa shape index (κ1) is 25.2. The molecule has 1 amide bonds. The second-order valence-electron chi connectivity index (χ2n) is 9.23. The summed E-state index contributed by atoms with van der Waals surface area (Å²) in [5.74, 6) is 0.484. The Hall–Kier alpha value is -2.87. The van der Waals surface area contributed by atoms with Crippen molar-refractivity contribution in [2.24, 2.45) is 5.92 Å². The van der Waals surface area contributed by atoms with Crippen LogP contribution in [0.15, 0.2) is 71.6 Å². The Balaban J connectivity index is 1.36. The Morgan fingerprint density at radius 1 is 1.03 bits per heavy atom. The highest BCUT2D eigenvalue weighted by Gasteiger charge is 2.17. The number of piperidine rings is 1. The summed E-state index contributed by atoms with van der Waals surface area (Å²) in [6, 6.07) is 18.7. The molecule has 0 unspecified atom stereocenters. The summed E-state index contributed by atoms with van der Waals surface area (Å²) in [5, 5.41) is 3.31. The summed E-state index contributed by atoms with van der Waals surface area (Å²) in [4.78, 5) is 15.2. The second kappa shape index (κ2) is 10.8. The number of likely N-dealkylation sites (tertiary alicyclic amines) is 1. The van der Waals surface area contributed by atoms with Gasteiger partial charge in [0.1, 0.15) is 0 Å². The van der Waals surface area contributed by atoms with Crippen LogP contribution < -0.4 is 10.0 Å². The van der Waals surface area contributed by atoms with Gasteiger partial charge < -0.3 is 5.32 Å². The van der Waals surface area contributed by atoms with Crippen molar-refractivity contribution < 1.29 is 13.2 Å². The fourth-order valence-electron chi connectivity index (χ4n) is 4.24. The van der Waals surface area contributed by atoms with Gasteiger partial charge in [-0.15, -0.1) is 0 Å². The summed E-state index contributed by atoms with van der Waals surface area (Å²) in [7, 11) is -3.79. The van der Waals surface area contributed by atoms with Gasteiger partial charge in [0, 0.05) is 29.4 Å². The lowest BCUT2D eigenvalue weighted by Crippen LogP contribution is -2.33. The summed E-state index contributed by atoms with van der Waals surface area (Å²) in [6.45, 7) is 7.26. The Kier molecular flexibility index (Phi) is 7.79. The fourth-order valence-corrected chi connectivity index (χ4v) is 5.47. The highest BCUT2D eigenvalue weighted by Crippen LogP contribution is 2.24. The van der Waals surface area contributed by atoms with Gasteiger partial charge in [-0.3, -0.25) is 14.4 Å². The number of carbonyl (C=O) groups is 1. The molecule has 1 atom stereocenters. The van der Waals surface area contributed by atoms with Gasteiger partial charge in [0.05, 0.1) is 10.6 Å². The van der Waals surface area contributed by atoms with E-state index in [2.05, 4.69) is 21.9 Å².